The quantitative estimate of drug-likeness (QED) is 0.466. The number of benzene rings is 1. The standard InChI is InChI=1S/C16H25NO3SSi.4H2S/c1-4-18-22(19-5-2,20-6-3)13-9-12-16-17-14-10-7-8-11-15(14)21-16;;;;/h7-8,10-11H,4-6,9,12-13H2,1-3H3;4*1H2. The highest BCUT2D eigenvalue weighted by Gasteiger charge is 2.39. The number of rotatable bonds is 10. The summed E-state index contributed by atoms with van der Waals surface area (Å²) in [5, 5.41) is 1.17. The predicted octanol–water partition coefficient (Wildman–Crippen LogP) is 4.73. The predicted molar refractivity (Wildman–Crippen MR) is 135 cm³/mol. The van der Waals surface area contributed by atoms with Crippen molar-refractivity contribution in [2.75, 3.05) is 19.8 Å². The van der Waals surface area contributed by atoms with Crippen LogP contribution in [0.3, 0.4) is 0 Å². The molecule has 154 valence electrons. The summed E-state index contributed by atoms with van der Waals surface area (Å²) in [6.07, 6.45) is 1.92. The first kappa shape index (κ1) is 31.3. The number of aromatic nitrogens is 1. The molecule has 1 aromatic heterocycles. The Kier molecular flexibility index (Phi) is 19.9. The highest BCUT2D eigenvalue weighted by molar-refractivity contribution is 7.59. The lowest BCUT2D eigenvalue weighted by atomic mass is 10.3. The molecule has 0 saturated carbocycles. The monoisotopic (exact) mass is 475 g/mol. The molecule has 0 aliphatic rings. The van der Waals surface area contributed by atoms with Crippen LogP contribution in [0, 0.1) is 0 Å². The molecule has 2 rings (SSSR count). The van der Waals surface area contributed by atoms with Crippen LogP contribution < -0.4 is 0 Å². The second kappa shape index (κ2) is 16.6. The van der Waals surface area contributed by atoms with Gasteiger partial charge in [-0.1, -0.05) is 12.1 Å². The van der Waals surface area contributed by atoms with E-state index in [1.54, 1.807) is 11.3 Å². The molecule has 0 aliphatic carbocycles. The molecule has 0 aliphatic heterocycles. The van der Waals surface area contributed by atoms with E-state index in [4.69, 9.17) is 13.3 Å². The number of hydrogen-bond acceptors (Lipinski definition) is 5. The fraction of sp³-hybridized carbons (Fsp3) is 0.562. The fourth-order valence-corrected chi connectivity index (χ4v) is 6.11. The van der Waals surface area contributed by atoms with E-state index in [1.165, 1.54) is 9.71 Å². The maximum absolute atomic E-state index is 5.88. The second-order valence-electron chi connectivity index (χ2n) is 4.91. The Hall–Kier alpha value is 0.607. The maximum Gasteiger partial charge on any atom is 0.500 e. The van der Waals surface area contributed by atoms with E-state index in [0.717, 1.165) is 24.4 Å². The van der Waals surface area contributed by atoms with E-state index in [1.807, 2.05) is 26.8 Å². The summed E-state index contributed by atoms with van der Waals surface area (Å²) in [5.41, 5.74) is 1.09. The Balaban J connectivity index is -0.00000132. The molecule has 0 bridgehead atoms. The number of para-hydroxylation sites is 1. The van der Waals surface area contributed by atoms with Gasteiger partial charge in [0.15, 0.2) is 0 Å². The van der Waals surface area contributed by atoms with Crippen molar-refractivity contribution in [1.82, 2.24) is 4.98 Å². The number of nitrogens with zero attached hydrogens (tertiary/aromatic N) is 1. The minimum Gasteiger partial charge on any atom is -0.374 e. The zero-order chi connectivity index (χ0) is 15.8. The van der Waals surface area contributed by atoms with Crippen LogP contribution in [0.1, 0.15) is 32.2 Å². The third-order valence-electron chi connectivity index (χ3n) is 3.30. The molecule has 0 fully saturated rings. The highest BCUT2D eigenvalue weighted by atomic mass is 32.1. The van der Waals surface area contributed by atoms with Gasteiger partial charge in [-0.3, -0.25) is 0 Å². The maximum atomic E-state index is 5.88. The summed E-state index contributed by atoms with van der Waals surface area (Å²) in [4.78, 5) is 4.68. The molecule has 0 saturated heterocycles. The van der Waals surface area contributed by atoms with Crippen molar-refractivity contribution in [1.29, 1.82) is 0 Å². The van der Waals surface area contributed by atoms with Crippen LogP contribution in [0.2, 0.25) is 6.04 Å². The Morgan fingerprint density at radius 1 is 0.885 bits per heavy atom. The molecule has 0 radical (unpaired) electrons. The van der Waals surface area contributed by atoms with Gasteiger partial charge in [0.05, 0.1) is 15.2 Å². The van der Waals surface area contributed by atoms with Gasteiger partial charge in [-0.05, 0) is 45.7 Å². The van der Waals surface area contributed by atoms with E-state index in [2.05, 4.69) is 23.2 Å². The van der Waals surface area contributed by atoms with Crippen LogP contribution in [-0.4, -0.2) is 33.6 Å². The molecule has 0 N–H and O–H groups in total. The van der Waals surface area contributed by atoms with Crippen LogP contribution in [0.15, 0.2) is 24.3 Å². The number of fused-ring (bicyclic) bond motifs is 1. The zero-order valence-electron chi connectivity index (χ0n) is 15.6. The summed E-state index contributed by atoms with van der Waals surface area (Å²) in [6, 6.07) is 9.12. The summed E-state index contributed by atoms with van der Waals surface area (Å²) in [7, 11) is -2.51. The van der Waals surface area contributed by atoms with Gasteiger partial charge in [0.2, 0.25) is 0 Å². The SMILES string of the molecule is CCO[Si](CCCc1nc2ccccc2s1)(OCC)OCC.S.S.S.S. The van der Waals surface area contributed by atoms with Gasteiger partial charge in [-0.15, -0.1) is 11.3 Å². The smallest absolute Gasteiger partial charge is 0.374 e. The Bertz CT molecular complexity index is 538. The second-order valence-corrected chi connectivity index (χ2v) is 8.76. The summed E-state index contributed by atoms with van der Waals surface area (Å²) in [6.45, 7) is 7.88. The first-order chi connectivity index (χ1) is 10.7. The van der Waals surface area contributed by atoms with Crippen LogP contribution in [0.4, 0.5) is 0 Å². The average Bonchev–Trinajstić information content (AvgIpc) is 2.90. The average molecular weight is 476 g/mol. The minimum absolute atomic E-state index is 0. The first-order valence-electron chi connectivity index (χ1n) is 7.99. The molecule has 0 unspecified atom stereocenters. The Morgan fingerprint density at radius 3 is 1.92 bits per heavy atom. The molecule has 2 aromatic rings. The highest BCUT2D eigenvalue weighted by Crippen LogP contribution is 2.25. The summed E-state index contributed by atoms with van der Waals surface area (Å²) in [5.74, 6) is 0. The number of hydrogen-bond donors (Lipinski definition) is 0. The van der Waals surface area contributed by atoms with Crippen molar-refractivity contribution >= 4 is 84.3 Å². The molecular weight excluding hydrogens is 443 g/mol. The van der Waals surface area contributed by atoms with E-state index >= 15 is 0 Å². The molecule has 4 nitrogen and oxygen atoms in total. The summed E-state index contributed by atoms with van der Waals surface area (Å²) < 4.78 is 18.9. The van der Waals surface area contributed by atoms with Gasteiger partial charge < -0.3 is 13.3 Å². The van der Waals surface area contributed by atoms with Crippen molar-refractivity contribution in [2.45, 2.75) is 39.7 Å². The third-order valence-corrected chi connectivity index (χ3v) is 7.55. The molecule has 26 heavy (non-hydrogen) atoms. The van der Waals surface area contributed by atoms with Gasteiger partial charge in [-0.2, -0.15) is 54.0 Å². The van der Waals surface area contributed by atoms with Gasteiger partial charge in [0.25, 0.3) is 0 Å². The lowest BCUT2D eigenvalue weighted by Gasteiger charge is -2.28. The third kappa shape index (κ3) is 9.20. The molecule has 1 heterocycles. The molecule has 1 aromatic carbocycles. The summed E-state index contributed by atoms with van der Waals surface area (Å²) >= 11 is 1.77. The zero-order valence-corrected chi connectivity index (χ0v) is 21.4. The van der Waals surface area contributed by atoms with Gasteiger partial charge in [-0.25, -0.2) is 4.98 Å². The van der Waals surface area contributed by atoms with Gasteiger partial charge >= 0.3 is 8.80 Å². The van der Waals surface area contributed by atoms with Crippen molar-refractivity contribution in [3.8, 4) is 0 Å². The lowest BCUT2D eigenvalue weighted by molar-refractivity contribution is 0.0708. The van der Waals surface area contributed by atoms with E-state index in [0.29, 0.717) is 19.8 Å². The van der Waals surface area contributed by atoms with Crippen molar-refractivity contribution in [2.24, 2.45) is 0 Å². The molecule has 10 heteroatoms. The lowest BCUT2D eigenvalue weighted by Crippen LogP contribution is -2.46. The number of thiazole rings is 1. The van der Waals surface area contributed by atoms with Crippen LogP contribution in [0.5, 0.6) is 0 Å². The van der Waals surface area contributed by atoms with Gasteiger partial charge in [0, 0.05) is 25.9 Å². The normalized spacial score (nSPS) is 10.3. The van der Waals surface area contributed by atoms with Crippen LogP contribution in [-0.2, 0) is 19.7 Å². The topological polar surface area (TPSA) is 40.6 Å². The van der Waals surface area contributed by atoms with Crippen molar-refractivity contribution in [3.05, 3.63) is 29.3 Å². The Morgan fingerprint density at radius 2 is 1.42 bits per heavy atom. The van der Waals surface area contributed by atoms with Crippen LogP contribution in [0.25, 0.3) is 10.2 Å². The molecule has 0 atom stereocenters. The number of aryl methyl sites for hydroxylation is 1. The Labute approximate surface area is 190 Å². The first-order valence-corrected chi connectivity index (χ1v) is 10.7. The van der Waals surface area contributed by atoms with E-state index in [9.17, 15) is 0 Å². The minimum atomic E-state index is -2.51. The van der Waals surface area contributed by atoms with Crippen LogP contribution >= 0.6 is 65.3 Å². The van der Waals surface area contributed by atoms with E-state index < -0.39 is 8.80 Å². The molecule has 0 amide bonds. The largest absolute Gasteiger partial charge is 0.500 e. The molecule has 0 spiro atoms. The van der Waals surface area contributed by atoms with Gasteiger partial charge in [0.1, 0.15) is 0 Å². The van der Waals surface area contributed by atoms with E-state index in [-0.39, 0.29) is 54.0 Å². The fourth-order valence-electron chi connectivity index (χ4n) is 2.48. The van der Waals surface area contributed by atoms with Crippen molar-refractivity contribution in [3.63, 3.8) is 0 Å². The molecular formula is C16H33NO3S5Si. The van der Waals surface area contributed by atoms with Crippen molar-refractivity contribution < 1.29 is 13.3 Å².